The number of hydrogen-bond acceptors (Lipinski definition) is 5. The van der Waals surface area contributed by atoms with E-state index in [-0.39, 0.29) is 11.8 Å². The summed E-state index contributed by atoms with van der Waals surface area (Å²) in [5, 5.41) is 0. The van der Waals surface area contributed by atoms with Gasteiger partial charge < -0.3 is 14.5 Å². The average Bonchev–Trinajstić information content (AvgIpc) is 2.94. The second kappa shape index (κ2) is 9.15. The molecule has 0 saturated heterocycles. The fourth-order valence-electron chi connectivity index (χ4n) is 3.64. The Balaban J connectivity index is 1.78. The van der Waals surface area contributed by atoms with E-state index in [0.717, 1.165) is 55.6 Å². The van der Waals surface area contributed by atoms with Crippen LogP contribution < -0.4 is 4.74 Å². The molecular formula is C22H30N4O2. The first-order valence-electron chi connectivity index (χ1n) is 9.88. The number of likely N-dealkylation sites (N-methyl/N-ethyl adjacent to an activating group) is 2. The number of rotatable bonds is 6. The van der Waals surface area contributed by atoms with Crippen LogP contribution in [0.25, 0.3) is 11.4 Å². The van der Waals surface area contributed by atoms with Crippen molar-refractivity contribution >= 4 is 5.91 Å². The topological polar surface area (TPSA) is 58.6 Å². The average molecular weight is 383 g/mol. The van der Waals surface area contributed by atoms with Crippen LogP contribution in [0.15, 0.2) is 30.3 Å². The number of methoxy groups -OCH3 is 1. The largest absolute Gasteiger partial charge is 0.481 e. The highest BCUT2D eigenvalue weighted by Crippen LogP contribution is 2.31. The van der Waals surface area contributed by atoms with Crippen LogP contribution in [0.5, 0.6) is 5.88 Å². The van der Waals surface area contributed by atoms with Crippen LogP contribution in [-0.2, 0) is 17.6 Å². The number of aryl methyl sites for hydroxylation is 1. The van der Waals surface area contributed by atoms with Gasteiger partial charge in [-0.3, -0.25) is 4.79 Å². The van der Waals surface area contributed by atoms with Gasteiger partial charge in [0.2, 0.25) is 11.8 Å². The fraction of sp³-hybridized carbons (Fsp3) is 0.500. The van der Waals surface area contributed by atoms with Crippen LogP contribution >= 0.6 is 0 Å². The van der Waals surface area contributed by atoms with E-state index in [2.05, 4.69) is 9.88 Å². The Morgan fingerprint density at radius 2 is 1.79 bits per heavy atom. The number of nitrogens with zero attached hydrogens (tertiary/aromatic N) is 4. The molecule has 1 aromatic carbocycles. The summed E-state index contributed by atoms with van der Waals surface area (Å²) in [5.74, 6) is 1.57. The highest BCUT2D eigenvalue weighted by Gasteiger charge is 2.28. The van der Waals surface area contributed by atoms with Crippen molar-refractivity contribution in [2.75, 3.05) is 41.3 Å². The lowest BCUT2D eigenvalue weighted by atomic mass is 9.98. The molecule has 1 atom stereocenters. The Bertz CT molecular complexity index is 808. The third-order valence-electron chi connectivity index (χ3n) is 5.36. The van der Waals surface area contributed by atoms with Crippen molar-refractivity contribution in [3.63, 3.8) is 0 Å². The van der Waals surface area contributed by atoms with E-state index in [0.29, 0.717) is 11.7 Å². The first-order valence-corrected chi connectivity index (χ1v) is 9.88. The molecule has 3 rings (SSSR count). The molecule has 0 spiro atoms. The number of ether oxygens (including phenoxy) is 1. The number of hydrogen-bond donors (Lipinski definition) is 0. The van der Waals surface area contributed by atoms with Crippen LogP contribution in [-0.4, -0.2) is 67.0 Å². The smallest absolute Gasteiger partial charge is 0.225 e. The van der Waals surface area contributed by atoms with Crippen molar-refractivity contribution in [1.82, 2.24) is 19.8 Å². The maximum Gasteiger partial charge on any atom is 0.225 e. The van der Waals surface area contributed by atoms with Crippen molar-refractivity contribution in [3.05, 3.63) is 41.6 Å². The molecule has 1 unspecified atom stereocenters. The molecule has 2 aromatic rings. The molecule has 1 aliphatic rings. The third-order valence-corrected chi connectivity index (χ3v) is 5.36. The summed E-state index contributed by atoms with van der Waals surface area (Å²) in [5.41, 5.74) is 3.04. The summed E-state index contributed by atoms with van der Waals surface area (Å²) in [6, 6.07) is 9.95. The number of carbonyl (C=O) groups is 1. The van der Waals surface area contributed by atoms with Crippen LogP contribution in [0.1, 0.15) is 24.1 Å². The molecule has 0 aliphatic heterocycles. The summed E-state index contributed by atoms with van der Waals surface area (Å²) >= 11 is 0. The van der Waals surface area contributed by atoms with Gasteiger partial charge in [0.15, 0.2) is 5.82 Å². The minimum absolute atomic E-state index is 0.0197. The van der Waals surface area contributed by atoms with Gasteiger partial charge in [0.25, 0.3) is 0 Å². The van der Waals surface area contributed by atoms with Gasteiger partial charge in [-0.1, -0.05) is 30.3 Å². The highest BCUT2D eigenvalue weighted by molar-refractivity contribution is 5.78. The number of carbonyl (C=O) groups excluding carboxylic acids is 1. The Hall–Kier alpha value is -2.47. The van der Waals surface area contributed by atoms with Crippen LogP contribution in [0, 0.1) is 5.92 Å². The van der Waals surface area contributed by atoms with E-state index in [1.807, 2.05) is 56.4 Å². The standard InChI is InChI=1S/C22H30N4O2/c1-25(2)14-15-26(3)22(27)17-10-12-18-19(13-11-17)23-20(24-21(18)28-4)16-8-6-5-7-9-16/h5-9,17H,10-15H2,1-4H3. The molecule has 1 heterocycles. The lowest BCUT2D eigenvalue weighted by molar-refractivity contribution is -0.134. The van der Waals surface area contributed by atoms with E-state index in [4.69, 9.17) is 9.72 Å². The monoisotopic (exact) mass is 382 g/mol. The molecule has 0 fully saturated rings. The number of amides is 1. The van der Waals surface area contributed by atoms with Crippen LogP contribution in [0.2, 0.25) is 0 Å². The van der Waals surface area contributed by atoms with Crippen molar-refractivity contribution in [3.8, 4) is 17.3 Å². The lowest BCUT2D eigenvalue weighted by Gasteiger charge is -2.24. The zero-order valence-corrected chi connectivity index (χ0v) is 17.3. The van der Waals surface area contributed by atoms with E-state index in [1.54, 1.807) is 7.11 Å². The van der Waals surface area contributed by atoms with E-state index >= 15 is 0 Å². The SMILES string of the molecule is COc1nc(-c2ccccc2)nc2c1CCC(C(=O)N(C)CCN(C)C)CC2. The Labute approximate surface area is 167 Å². The Morgan fingerprint density at radius 3 is 2.46 bits per heavy atom. The van der Waals surface area contributed by atoms with Gasteiger partial charge >= 0.3 is 0 Å². The molecular weight excluding hydrogens is 352 g/mol. The molecule has 0 bridgehead atoms. The van der Waals surface area contributed by atoms with Crippen LogP contribution in [0.4, 0.5) is 0 Å². The van der Waals surface area contributed by atoms with Crippen molar-refractivity contribution in [2.45, 2.75) is 25.7 Å². The normalized spacial score (nSPS) is 16.4. The van der Waals surface area contributed by atoms with Gasteiger partial charge in [-0.25, -0.2) is 4.98 Å². The summed E-state index contributed by atoms with van der Waals surface area (Å²) in [7, 11) is 7.60. The summed E-state index contributed by atoms with van der Waals surface area (Å²) in [6.45, 7) is 1.62. The molecule has 1 amide bonds. The maximum atomic E-state index is 12.9. The molecule has 0 saturated carbocycles. The molecule has 6 heteroatoms. The molecule has 1 aliphatic carbocycles. The molecule has 0 radical (unpaired) electrons. The second-order valence-electron chi connectivity index (χ2n) is 7.69. The lowest BCUT2D eigenvalue weighted by Crippen LogP contribution is -2.37. The highest BCUT2D eigenvalue weighted by atomic mass is 16.5. The van der Waals surface area contributed by atoms with E-state index in [1.165, 1.54) is 0 Å². The van der Waals surface area contributed by atoms with E-state index < -0.39 is 0 Å². The van der Waals surface area contributed by atoms with Gasteiger partial charge in [-0.05, 0) is 39.8 Å². The van der Waals surface area contributed by atoms with Gasteiger partial charge in [-0.2, -0.15) is 4.98 Å². The number of fused-ring (bicyclic) bond motifs is 1. The molecule has 6 nitrogen and oxygen atoms in total. The van der Waals surface area contributed by atoms with Crippen LogP contribution in [0.3, 0.4) is 0 Å². The minimum atomic E-state index is 0.0197. The Morgan fingerprint density at radius 1 is 1.07 bits per heavy atom. The van der Waals surface area contributed by atoms with Gasteiger partial charge in [-0.15, -0.1) is 0 Å². The predicted molar refractivity (Wildman–Crippen MR) is 110 cm³/mol. The van der Waals surface area contributed by atoms with Gasteiger partial charge in [0, 0.05) is 37.2 Å². The van der Waals surface area contributed by atoms with Gasteiger partial charge in [0.1, 0.15) is 0 Å². The number of benzene rings is 1. The molecule has 0 N–H and O–H groups in total. The Kier molecular flexibility index (Phi) is 6.62. The fourth-order valence-corrected chi connectivity index (χ4v) is 3.64. The maximum absolute atomic E-state index is 12.9. The quantitative estimate of drug-likeness (QED) is 0.719. The number of aromatic nitrogens is 2. The molecule has 1 aromatic heterocycles. The predicted octanol–water partition coefficient (Wildman–Crippen LogP) is 2.67. The molecule has 28 heavy (non-hydrogen) atoms. The second-order valence-corrected chi connectivity index (χ2v) is 7.69. The van der Waals surface area contributed by atoms with E-state index in [9.17, 15) is 4.79 Å². The summed E-state index contributed by atoms with van der Waals surface area (Å²) in [6.07, 6.45) is 3.16. The van der Waals surface area contributed by atoms with Crippen molar-refractivity contribution in [1.29, 1.82) is 0 Å². The molecule has 150 valence electrons. The minimum Gasteiger partial charge on any atom is -0.481 e. The third kappa shape index (κ3) is 4.68. The zero-order valence-electron chi connectivity index (χ0n) is 17.3. The zero-order chi connectivity index (χ0) is 20.1. The summed E-state index contributed by atoms with van der Waals surface area (Å²) < 4.78 is 5.59. The summed E-state index contributed by atoms with van der Waals surface area (Å²) in [4.78, 5) is 26.3. The van der Waals surface area contributed by atoms with Crippen molar-refractivity contribution < 1.29 is 9.53 Å². The van der Waals surface area contributed by atoms with Gasteiger partial charge in [0.05, 0.1) is 12.8 Å². The van der Waals surface area contributed by atoms with Crippen molar-refractivity contribution in [2.24, 2.45) is 5.92 Å². The first kappa shape index (κ1) is 20.3. The first-order chi connectivity index (χ1) is 13.5.